The van der Waals surface area contributed by atoms with E-state index in [1.54, 1.807) is 24.3 Å². The molecular weight excluding hydrogens is 364 g/mol. The predicted octanol–water partition coefficient (Wildman–Crippen LogP) is 4.61. The molecule has 2 aromatic rings. The molecule has 0 aromatic heterocycles. The van der Waals surface area contributed by atoms with E-state index in [0.717, 1.165) is 17.7 Å². The summed E-state index contributed by atoms with van der Waals surface area (Å²) in [4.78, 5) is 12.5. The topological polar surface area (TPSA) is 71.3 Å². The zero-order chi connectivity index (χ0) is 19.4. The summed E-state index contributed by atoms with van der Waals surface area (Å²) in [6.45, 7) is 4.36. The van der Waals surface area contributed by atoms with E-state index < -0.39 is 5.91 Å². The molecule has 0 fully saturated rings. The molecule has 1 atom stereocenters. The molecule has 0 saturated heterocycles. The second kappa shape index (κ2) is 8.15. The monoisotopic (exact) mass is 382 g/mol. The summed E-state index contributed by atoms with van der Waals surface area (Å²) in [5, 5.41) is 12.7. The van der Waals surface area contributed by atoms with Gasteiger partial charge in [-0.25, -0.2) is 0 Å². The zero-order valence-electron chi connectivity index (χ0n) is 15.1. The number of amides is 1. The van der Waals surface area contributed by atoms with Gasteiger partial charge < -0.3 is 14.8 Å². The molecule has 0 aliphatic carbocycles. The van der Waals surface area contributed by atoms with Gasteiger partial charge in [0.2, 0.25) is 0 Å². The summed E-state index contributed by atoms with van der Waals surface area (Å²) in [5.74, 6) is 0.880. The second-order valence-electron chi connectivity index (χ2n) is 6.19. The first kappa shape index (κ1) is 18.8. The molecule has 1 heterocycles. The lowest BCUT2D eigenvalue weighted by Crippen LogP contribution is -2.13. The van der Waals surface area contributed by atoms with Crippen LogP contribution in [0.3, 0.4) is 0 Å². The molecule has 2 aromatic carbocycles. The molecule has 0 radical (unpaired) electrons. The van der Waals surface area contributed by atoms with E-state index in [4.69, 9.17) is 21.1 Å². The minimum absolute atomic E-state index is 0.0306. The SMILES string of the molecule is CCOc1cc2c(cc1/C=C(\C#N)C(=O)Nc1ccc(Cl)cc1)O[C@@H](C)C2. The molecule has 0 spiro atoms. The quantitative estimate of drug-likeness (QED) is 0.605. The first-order valence-corrected chi connectivity index (χ1v) is 9.03. The van der Waals surface area contributed by atoms with Crippen molar-refractivity contribution < 1.29 is 14.3 Å². The summed E-state index contributed by atoms with van der Waals surface area (Å²) in [7, 11) is 0. The summed E-state index contributed by atoms with van der Waals surface area (Å²) in [6, 6.07) is 12.4. The van der Waals surface area contributed by atoms with Crippen LogP contribution in [-0.2, 0) is 11.2 Å². The summed E-state index contributed by atoms with van der Waals surface area (Å²) in [5.41, 5.74) is 2.22. The molecule has 0 bridgehead atoms. The molecule has 138 valence electrons. The van der Waals surface area contributed by atoms with Crippen LogP contribution in [-0.4, -0.2) is 18.6 Å². The Kier molecular flexibility index (Phi) is 5.68. The smallest absolute Gasteiger partial charge is 0.266 e. The molecule has 6 heteroatoms. The molecule has 1 amide bonds. The number of ether oxygens (including phenoxy) is 2. The first-order chi connectivity index (χ1) is 13.0. The molecule has 1 aliphatic heterocycles. The number of anilines is 1. The maximum Gasteiger partial charge on any atom is 0.266 e. The van der Waals surface area contributed by atoms with Gasteiger partial charge in [0, 0.05) is 28.3 Å². The molecule has 0 saturated carbocycles. The Morgan fingerprint density at radius 1 is 1.41 bits per heavy atom. The zero-order valence-corrected chi connectivity index (χ0v) is 15.8. The van der Waals surface area contributed by atoms with Gasteiger partial charge in [-0.2, -0.15) is 5.26 Å². The van der Waals surface area contributed by atoms with Gasteiger partial charge in [0.05, 0.1) is 6.61 Å². The van der Waals surface area contributed by atoms with Gasteiger partial charge >= 0.3 is 0 Å². The Bertz CT molecular complexity index is 930. The average molecular weight is 383 g/mol. The highest BCUT2D eigenvalue weighted by Gasteiger charge is 2.22. The largest absolute Gasteiger partial charge is 0.493 e. The maximum absolute atomic E-state index is 12.5. The van der Waals surface area contributed by atoms with Crippen LogP contribution in [0.15, 0.2) is 42.0 Å². The Labute approximate surface area is 163 Å². The van der Waals surface area contributed by atoms with Crippen molar-refractivity contribution in [3.63, 3.8) is 0 Å². The van der Waals surface area contributed by atoms with Crippen molar-refractivity contribution in [3.05, 3.63) is 58.1 Å². The van der Waals surface area contributed by atoms with Crippen LogP contribution in [0.5, 0.6) is 11.5 Å². The van der Waals surface area contributed by atoms with Crippen LogP contribution in [0, 0.1) is 11.3 Å². The van der Waals surface area contributed by atoms with Crippen LogP contribution in [0.25, 0.3) is 6.08 Å². The molecule has 1 N–H and O–H groups in total. The minimum atomic E-state index is -0.503. The number of carbonyl (C=O) groups is 1. The number of benzene rings is 2. The van der Waals surface area contributed by atoms with Crippen molar-refractivity contribution in [1.29, 1.82) is 5.26 Å². The number of hydrogen-bond acceptors (Lipinski definition) is 4. The van der Waals surface area contributed by atoms with Crippen molar-refractivity contribution in [2.75, 3.05) is 11.9 Å². The van der Waals surface area contributed by atoms with Crippen molar-refractivity contribution in [2.24, 2.45) is 0 Å². The van der Waals surface area contributed by atoms with E-state index in [1.165, 1.54) is 6.08 Å². The lowest BCUT2D eigenvalue weighted by atomic mass is 10.0. The van der Waals surface area contributed by atoms with Gasteiger partial charge in [0.1, 0.15) is 29.2 Å². The third-order valence-electron chi connectivity index (χ3n) is 4.10. The number of nitrogens with zero attached hydrogens (tertiary/aromatic N) is 1. The van der Waals surface area contributed by atoms with Crippen molar-refractivity contribution in [2.45, 2.75) is 26.4 Å². The lowest BCUT2D eigenvalue weighted by Gasteiger charge is -2.11. The van der Waals surface area contributed by atoms with Crippen LogP contribution in [0.4, 0.5) is 5.69 Å². The van der Waals surface area contributed by atoms with E-state index in [1.807, 2.05) is 32.0 Å². The van der Waals surface area contributed by atoms with E-state index >= 15 is 0 Å². The van der Waals surface area contributed by atoms with Gasteiger partial charge in [-0.05, 0) is 56.3 Å². The number of rotatable bonds is 5. The number of nitriles is 1. The van der Waals surface area contributed by atoms with Crippen LogP contribution >= 0.6 is 11.6 Å². The average Bonchev–Trinajstić information content (AvgIpc) is 3.00. The lowest BCUT2D eigenvalue weighted by molar-refractivity contribution is -0.112. The fourth-order valence-electron chi connectivity index (χ4n) is 2.88. The van der Waals surface area contributed by atoms with Gasteiger partial charge in [-0.1, -0.05) is 11.6 Å². The summed E-state index contributed by atoms with van der Waals surface area (Å²) in [6.07, 6.45) is 2.42. The summed E-state index contributed by atoms with van der Waals surface area (Å²) < 4.78 is 11.5. The fraction of sp³-hybridized carbons (Fsp3) is 0.238. The normalized spacial score (nSPS) is 15.5. The van der Waals surface area contributed by atoms with Gasteiger partial charge in [-0.3, -0.25) is 4.79 Å². The van der Waals surface area contributed by atoms with E-state index in [0.29, 0.717) is 28.6 Å². The molecular formula is C21H19ClN2O3. The van der Waals surface area contributed by atoms with Crippen LogP contribution in [0.2, 0.25) is 5.02 Å². The Hall–Kier alpha value is -2.97. The number of hydrogen-bond donors (Lipinski definition) is 1. The summed E-state index contributed by atoms with van der Waals surface area (Å²) >= 11 is 5.85. The van der Waals surface area contributed by atoms with Crippen molar-refractivity contribution in [1.82, 2.24) is 0 Å². The number of nitrogens with one attached hydrogen (secondary N) is 1. The van der Waals surface area contributed by atoms with E-state index in [9.17, 15) is 10.1 Å². The Morgan fingerprint density at radius 2 is 2.15 bits per heavy atom. The minimum Gasteiger partial charge on any atom is -0.493 e. The standard InChI is InChI=1S/C21H19ClN2O3/c1-3-26-19-10-14-8-13(2)27-20(14)11-15(19)9-16(12-23)21(25)24-18-6-4-17(22)5-7-18/h4-7,9-11,13H,3,8H2,1-2H3,(H,24,25)/b16-9+/t13-/m0/s1. The van der Waals surface area contributed by atoms with Crippen LogP contribution in [0.1, 0.15) is 25.0 Å². The Balaban J connectivity index is 1.90. The van der Waals surface area contributed by atoms with Crippen molar-refractivity contribution in [3.8, 4) is 17.6 Å². The van der Waals surface area contributed by atoms with Gasteiger partial charge in [0.15, 0.2) is 0 Å². The van der Waals surface area contributed by atoms with E-state index in [2.05, 4.69) is 5.32 Å². The molecule has 27 heavy (non-hydrogen) atoms. The highest BCUT2D eigenvalue weighted by molar-refractivity contribution is 6.30. The van der Waals surface area contributed by atoms with Gasteiger partial charge in [-0.15, -0.1) is 0 Å². The number of carbonyl (C=O) groups excluding carboxylic acids is 1. The predicted molar refractivity (Wildman–Crippen MR) is 105 cm³/mol. The molecule has 5 nitrogen and oxygen atoms in total. The second-order valence-corrected chi connectivity index (χ2v) is 6.63. The number of halogens is 1. The van der Waals surface area contributed by atoms with Gasteiger partial charge in [0.25, 0.3) is 5.91 Å². The molecule has 3 rings (SSSR count). The highest BCUT2D eigenvalue weighted by Crippen LogP contribution is 2.36. The third kappa shape index (κ3) is 4.42. The van der Waals surface area contributed by atoms with Crippen molar-refractivity contribution >= 4 is 29.3 Å². The van der Waals surface area contributed by atoms with E-state index in [-0.39, 0.29) is 11.7 Å². The Morgan fingerprint density at radius 3 is 2.81 bits per heavy atom. The highest BCUT2D eigenvalue weighted by atomic mass is 35.5. The fourth-order valence-corrected chi connectivity index (χ4v) is 3.01. The van der Waals surface area contributed by atoms with Crippen LogP contribution < -0.4 is 14.8 Å². The number of fused-ring (bicyclic) bond motifs is 1. The first-order valence-electron chi connectivity index (χ1n) is 8.65. The molecule has 1 aliphatic rings. The third-order valence-corrected chi connectivity index (χ3v) is 4.35. The molecule has 0 unspecified atom stereocenters. The maximum atomic E-state index is 12.5.